The molecule has 2 aromatic rings. The molecule has 3 heteroatoms. The molecule has 0 fully saturated rings. The summed E-state index contributed by atoms with van der Waals surface area (Å²) in [5.74, 6) is 0.160. The first-order valence-electron chi connectivity index (χ1n) is 9.22. The fourth-order valence-corrected chi connectivity index (χ4v) is 3.14. The molecule has 0 aliphatic rings. The average molecular weight is 387 g/mol. The van der Waals surface area contributed by atoms with Gasteiger partial charge >= 0.3 is 0 Å². The molecule has 0 aliphatic heterocycles. The number of rotatable bonds is 7. The molecule has 0 aromatic heterocycles. The van der Waals surface area contributed by atoms with E-state index in [0.29, 0.717) is 6.42 Å². The Morgan fingerprint density at radius 3 is 2.00 bits per heavy atom. The quantitative estimate of drug-likeness (QED) is 0.415. The van der Waals surface area contributed by atoms with Crippen LogP contribution in [0.3, 0.4) is 0 Å². The predicted molar refractivity (Wildman–Crippen MR) is 121 cm³/mol. The van der Waals surface area contributed by atoms with Crippen molar-refractivity contribution in [1.29, 1.82) is 0 Å². The molecule has 2 aromatic carbocycles. The van der Waals surface area contributed by atoms with Gasteiger partial charge in [-0.05, 0) is 30.1 Å². The summed E-state index contributed by atoms with van der Waals surface area (Å²) in [6, 6.07) is 17.8. The van der Waals surface area contributed by atoms with Gasteiger partial charge in [0.1, 0.15) is 0 Å². The van der Waals surface area contributed by atoms with E-state index in [4.69, 9.17) is 4.18 Å². The molecule has 0 atom stereocenters. The fraction of sp³-hybridized carbons (Fsp3) is 0.375. The second kappa shape index (κ2) is 10.5. The van der Waals surface area contributed by atoms with Crippen molar-refractivity contribution in [3.63, 3.8) is 0 Å². The van der Waals surface area contributed by atoms with Gasteiger partial charge in [0, 0.05) is 16.7 Å². The Bertz CT molecular complexity index is 697. The number of Topliss-reactive ketones (excluding diaryl/α,β-unsaturated/α-hetero) is 1. The first-order valence-corrected chi connectivity index (χ1v) is 11.6. The zero-order chi connectivity index (χ0) is 20.5. The number of ketones is 1. The number of carbonyl (C=O) groups excluding carboxylic acids is 1. The Hall–Kier alpha value is -1.84. The second-order valence-corrected chi connectivity index (χ2v) is 11.6. The summed E-state index contributed by atoms with van der Waals surface area (Å²) < 4.78 is 6.35. The Balaban J connectivity index is 0.00000176. The van der Waals surface area contributed by atoms with Gasteiger partial charge in [0.25, 0.3) is 0 Å². The summed E-state index contributed by atoms with van der Waals surface area (Å²) in [7, 11) is -1.08. The van der Waals surface area contributed by atoms with Crippen LogP contribution < -0.4 is 0 Å². The number of benzene rings is 2. The van der Waals surface area contributed by atoms with Crippen molar-refractivity contribution in [1.82, 2.24) is 0 Å². The van der Waals surface area contributed by atoms with Gasteiger partial charge in [-0.2, -0.15) is 0 Å². The van der Waals surface area contributed by atoms with Crippen molar-refractivity contribution in [2.24, 2.45) is 0 Å². The highest BCUT2D eigenvalue weighted by Gasteiger charge is 2.28. The van der Waals surface area contributed by atoms with Gasteiger partial charge in [0.05, 0.1) is 6.61 Å². The second-order valence-electron chi connectivity index (χ2n) is 7.70. The van der Waals surface area contributed by atoms with Crippen LogP contribution in [0.2, 0.25) is 0 Å². The van der Waals surface area contributed by atoms with Crippen LogP contribution in [-0.4, -0.2) is 29.6 Å². The van der Waals surface area contributed by atoms with Crippen LogP contribution in [0.15, 0.2) is 67.8 Å². The fourth-order valence-electron chi connectivity index (χ4n) is 2.29. The van der Waals surface area contributed by atoms with E-state index in [0.717, 1.165) is 24.2 Å². The normalized spacial score (nSPS) is 12.0. The Labute approximate surface area is 167 Å². The molecule has 0 heterocycles. The van der Waals surface area contributed by atoms with Crippen LogP contribution in [0, 0.1) is 0 Å². The molecule has 0 N–H and O–H groups in total. The molecule has 0 saturated heterocycles. The zero-order valence-electron chi connectivity index (χ0n) is 17.5. The molecule has 0 radical (unpaired) electrons. The molecule has 0 unspecified atom stereocenters. The maximum Gasteiger partial charge on any atom is 0.167 e. The van der Waals surface area contributed by atoms with E-state index in [2.05, 4.69) is 46.4 Å². The lowest BCUT2D eigenvalue weighted by Gasteiger charge is -2.43. The van der Waals surface area contributed by atoms with Crippen molar-refractivity contribution in [3.05, 3.63) is 84.4 Å². The van der Waals surface area contributed by atoms with E-state index in [1.165, 1.54) is 5.56 Å². The molecule has 148 valence electrons. The minimum Gasteiger partial charge on any atom is -0.336 e. The van der Waals surface area contributed by atoms with Gasteiger partial charge in [0.2, 0.25) is 0 Å². The highest BCUT2D eigenvalue weighted by Crippen LogP contribution is 2.53. The lowest BCUT2D eigenvalue weighted by Crippen LogP contribution is -2.25. The number of hydrogen-bond acceptors (Lipinski definition) is 2. The molecule has 0 spiro atoms. The lowest BCUT2D eigenvalue weighted by molar-refractivity contribution is 0.0993. The van der Waals surface area contributed by atoms with Gasteiger partial charge in [-0.1, -0.05) is 75.4 Å². The Kier molecular flexibility index (Phi) is 9.01. The van der Waals surface area contributed by atoms with Crippen molar-refractivity contribution in [2.75, 3.05) is 19.1 Å². The minimum atomic E-state index is -1.08. The summed E-state index contributed by atoms with van der Waals surface area (Å²) in [5.41, 5.74) is 3.03. The van der Waals surface area contributed by atoms with E-state index in [9.17, 15) is 4.79 Å². The molecule has 2 rings (SSSR count). The van der Waals surface area contributed by atoms with Crippen molar-refractivity contribution in [2.45, 2.75) is 38.4 Å². The van der Waals surface area contributed by atoms with E-state index in [-0.39, 0.29) is 10.5 Å². The molecule has 0 amide bonds. The van der Waals surface area contributed by atoms with Gasteiger partial charge in [0.15, 0.2) is 5.78 Å². The van der Waals surface area contributed by atoms with Crippen molar-refractivity contribution >= 4 is 16.1 Å². The minimum absolute atomic E-state index is 0.160. The average Bonchev–Trinajstić information content (AvgIpc) is 2.64. The highest BCUT2D eigenvalue weighted by atomic mass is 32.3. The van der Waals surface area contributed by atoms with Gasteiger partial charge in [-0.25, -0.2) is 0 Å². The van der Waals surface area contributed by atoms with E-state index < -0.39 is 10.3 Å². The SMILES string of the molecule is C=C.CC(C)(C)S(C)(C)OCCc1ccc(C(=O)Cc2ccccc2)cc1. The lowest BCUT2D eigenvalue weighted by atomic mass is 10.0. The van der Waals surface area contributed by atoms with E-state index in [1.807, 2.05) is 54.6 Å². The number of hydrogen-bond donors (Lipinski definition) is 0. The highest BCUT2D eigenvalue weighted by molar-refractivity contribution is 8.29. The number of carbonyl (C=O) groups is 1. The largest absolute Gasteiger partial charge is 0.336 e. The Morgan fingerprint density at radius 1 is 0.926 bits per heavy atom. The predicted octanol–water partition coefficient (Wildman–Crippen LogP) is 6.25. The van der Waals surface area contributed by atoms with E-state index >= 15 is 0 Å². The molecular weight excluding hydrogens is 352 g/mol. The maximum atomic E-state index is 12.4. The molecule has 0 saturated carbocycles. The smallest absolute Gasteiger partial charge is 0.167 e. The standard InChI is InChI=1S/C22H30O2S.C2H4/c1-22(2,3)25(4,5)24-16-15-18-11-13-20(14-12-18)21(23)17-19-9-7-6-8-10-19;1-2/h6-14H,15-17H2,1-5H3;1-2H2. The third-order valence-corrected chi connectivity index (χ3v) is 8.43. The molecule has 0 aliphatic carbocycles. The summed E-state index contributed by atoms with van der Waals surface area (Å²) >= 11 is 0. The van der Waals surface area contributed by atoms with Gasteiger partial charge in [-0.15, -0.1) is 23.5 Å². The summed E-state index contributed by atoms with van der Waals surface area (Å²) in [5, 5.41) is 0. The molecule has 27 heavy (non-hydrogen) atoms. The van der Waals surface area contributed by atoms with Crippen molar-refractivity contribution in [3.8, 4) is 0 Å². The first-order chi connectivity index (χ1) is 12.7. The third kappa shape index (κ3) is 7.36. The van der Waals surface area contributed by atoms with E-state index in [1.54, 1.807) is 0 Å². The monoisotopic (exact) mass is 386 g/mol. The van der Waals surface area contributed by atoms with Crippen LogP contribution in [0.1, 0.15) is 42.3 Å². The van der Waals surface area contributed by atoms with Crippen LogP contribution in [0.5, 0.6) is 0 Å². The van der Waals surface area contributed by atoms with Gasteiger partial charge < -0.3 is 4.18 Å². The molecule has 0 bridgehead atoms. The third-order valence-electron chi connectivity index (χ3n) is 4.73. The van der Waals surface area contributed by atoms with Crippen LogP contribution >= 0.6 is 10.3 Å². The summed E-state index contributed by atoms with van der Waals surface area (Å²) in [4.78, 5) is 12.4. The zero-order valence-corrected chi connectivity index (χ0v) is 18.3. The Morgan fingerprint density at radius 2 is 1.48 bits per heavy atom. The van der Waals surface area contributed by atoms with Crippen molar-refractivity contribution < 1.29 is 8.98 Å². The van der Waals surface area contributed by atoms with Crippen LogP contribution in [-0.2, 0) is 17.0 Å². The molecular formula is C24H34O2S. The maximum absolute atomic E-state index is 12.4. The first kappa shape index (κ1) is 23.2. The topological polar surface area (TPSA) is 26.3 Å². The van der Waals surface area contributed by atoms with Crippen LogP contribution in [0.4, 0.5) is 0 Å². The summed E-state index contributed by atoms with van der Waals surface area (Å²) in [6.07, 6.45) is 5.77. The summed E-state index contributed by atoms with van der Waals surface area (Å²) in [6.45, 7) is 13.4. The van der Waals surface area contributed by atoms with Gasteiger partial charge in [-0.3, -0.25) is 4.79 Å². The van der Waals surface area contributed by atoms with Crippen LogP contribution in [0.25, 0.3) is 0 Å². The molecule has 2 nitrogen and oxygen atoms in total.